The number of nitriles is 3. The zero-order valence-electron chi connectivity index (χ0n) is 17.7. The van der Waals surface area contributed by atoms with Gasteiger partial charge in [-0.1, -0.05) is 19.1 Å². The summed E-state index contributed by atoms with van der Waals surface area (Å²) in [5.74, 6) is -1.62. The Morgan fingerprint density at radius 1 is 0.875 bits per heavy atom. The van der Waals surface area contributed by atoms with Crippen molar-refractivity contribution in [2.45, 2.75) is 18.8 Å². The second-order valence-electron chi connectivity index (χ2n) is 7.77. The van der Waals surface area contributed by atoms with E-state index in [1.807, 2.05) is 12.1 Å². The molecular weight excluding hydrogens is 408 g/mol. The zero-order valence-corrected chi connectivity index (χ0v) is 17.7. The van der Waals surface area contributed by atoms with Crippen LogP contribution in [0.5, 0.6) is 11.5 Å². The molecule has 2 aromatic carbocycles. The van der Waals surface area contributed by atoms with Crippen LogP contribution in [0.4, 0.5) is 0 Å². The van der Waals surface area contributed by atoms with Crippen LogP contribution >= 0.6 is 0 Å². The Balaban J connectivity index is 1.98. The van der Waals surface area contributed by atoms with Crippen molar-refractivity contribution in [2.24, 2.45) is 16.7 Å². The van der Waals surface area contributed by atoms with E-state index in [1.165, 1.54) is 7.11 Å². The van der Waals surface area contributed by atoms with Crippen LogP contribution in [-0.2, 0) is 15.3 Å². The number of hydrogen-bond donors (Lipinski definition) is 1. The summed E-state index contributed by atoms with van der Waals surface area (Å²) < 4.78 is 22.9. The van der Waals surface area contributed by atoms with Gasteiger partial charge in [0, 0.05) is 5.56 Å². The highest BCUT2D eigenvalue weighted by atomic mass is 16.7. The fraction of sp³-hybridized carbons (Fsp3) is 0.333. The minimum absolute atomic E-state index is 0.456. The third-order valence-electron chi connectivity index (χ3n) is 6.58. The Bertz CT molecular complexity index is 1170. The number of nitrogens with zero attached hydrogens (tertiary/aromatic N) is 3. The molecule has 2 aliphatic rings. The van der Waals surface area contributed by atoms with E-state index < -0.39 is 34.5 Å². The molecule has 2 aromatic rings. The molecule has 4 rings (SSSR count). The molecule has 0 aromatic heterocycles. The number of methoxy groups -OCH3 is 2. The van der Waals surface area contributed by atoms with Crippen molar-refractivity contribution in [1.82, 2.24) is 0 Å². The summed E-state index contributed by atoms with van der Waals surface area (Å²) in [5.41, 5.74) is -2.81. The number of nitrogens with one attached hydrogen (secondary N) is 1. The molecule has 1 N–H and O–H groups in total. The van der Waals surface area contributed by atoms with Crippen molar-refractivity contribution in [2.75, 3.05) is 14.2 Å². The molecule has 4 unspecified atom stereocenters. The zero-order chi connectivity index (χ0) is 23.1. The minimum atomic E-state index is -2.01. The molecule has 0 spiro atoms. The first-order valence-electron chi connectivity index (χ1n) is 9.87. The van der Waals surface area contributed by atoms with Crippen LogP contribution in [0.2, 0.25) is 0 Å². The second-order valence-corrected chi connectivity index (χ2v) is 7.77. The van der Waals surface area contributed by atoms with Crippen LogP contribution in [0.25, 0.3) is 0 Å². The van der Waals surface area contributed by atoms with Crippen molar-refractivity contribution < 1.29 is 18.9 Å². The normalized spacial score (nSPS) is 29.7. The maximum absolute atomic E-state index is 10.3. The van der Waals surface area contributed by atoms with Crippen LogP contribution in [0.3, 0.4) is 0 Å². The lowest BCUT2D eigenvalue weighted by Crippen LogP contribution is -2.57. The molecule has 8 heteroatoms. The number of ether oxygens (including phenoxy) is 4. The first-order valence-corrected chi connectivity index (χ1v) is 9.87. The Morgan fingerprint density at radius 2 is 1.41 bits per heavy atom. The minimum Gasteiger partial charge on any atom is -0.497 e. The van der Waals surface area contributed by atoms with Gasteiger partial charge >= 0.3 is 0 Å². The van der Waals surface area contributed by atoms with Gasteiger partial charge in [0.25, 0.3) is 0 Å². The highest BCUT2D eigenvalue weighted by Crippen LogP contribution is 2.69. The summed E-state index contributed by atoms with van der Waals surface area (Å²) in [4.78, 5) is 0. The smallest absolute Gasteiger partial charge is 0.244 e. The van der Waals surface area contributed by atoms with Crippen molar-refractivity contribution in [3.05, 3.63) is 59.7 Å². The van der Waals surface area contributed by atoms with E-state index in [0.29, 0.717) is 22.6 Å². The predicted molar refractivity (Wildman–Crippen MR) is 111 cm³/mol. The highest BCUT2D eigenvalue weighted by Gasteiger charge is 2.79. The van der Waals surface area contributed by atoms with Gasteiger partial charge in [0.05, 0.1) is 38.3 Å². The number of benzene rings is 2. The first kappa shape index (κ1) is 21.2. The molecule has 2 fully saturated rings. The third kappa shape index (κ3) is 2.40. The molecule has 2 bridgehead atoms. The van der Waals surface area contributed by atoms with Crippen molar-refractivity contribution in [3.63, 3.8) is 0 Å². The van der Waals surface area contributed by atoms with Crippen molar-refractivity contribution in [3.8, 4) is 29.7 Å². The first-order chi connectivity index (χ1) is 15.4. The van der Waals surface area contributed by atoms with E-state index in [0.717, 1.165) is 0 Å². The SMILES string of the molecule is COc1ccc(C2OC3(c4ccc(OC)cc4)OC(=N)C(C#N)(C3C)C2(C#N)C#N)cc1. The summed E-state index contributed by atoms with van der Waals surface area (Å²) in [6.07, 6.45) is -1.16. The topological polar surface area (TPSA) is 132 Å². The van der Waals surface area contributed by atoms with Gasteiger partial charge in [0.2, 0.25) is 17.1 Å². The predicted octanol–water partition coefficient (Wildman–Crippen LogP) is 3.82. The average Bonchev–Trinajstić information content (AvgIpc) is 3.00. The molecular formula is C24H20N4O4. The fourth-order valence-corrected chi connectivity index (χ4v) is 4.77. The Labute approximate surface area is 185 Å². The van der Waals surface area contributed by atoms with E-state index in [1.54, 1.807) is 62.6 Å². The van der Waals surface area contributed by atoms with Crippen LogP contribution in [0.1, 0.15) is 24.2 Å². The van der Waals surface area contributed by atoms with Crippen molar-refractivity contribution >= 4 is 5.90 Å². The molecule has 2 heterocycles. The Hall–Kier alpha value is -4.06. The van der Waals surface area contributed by atoms with E-state index in [9.17, 15) is 15.8 Å². The maximum Gasteiger partial charge on any atom is 0.244 e. The summed E-state index contributed by atoms with van der Waals surface area (Å²) >= 11 is 0. The van der Waals surface area contributed by atoms with E-state index in [2.05, 4.69) is 6.07 Å². The Morgan fingerprint density at radius 3 is 1.88 bits per heavy atom. The third-order valence-corrected chi connectivity index (χ3v) is 6.58. The van der Waals surface area contributed by atoms with E-state index >= 15 is 0 Å². The molecule has 160 valence electrons. The fourth-order valence-electron chi connectivity index (χ4n) is 4.77. The van der Waals surface area contributed by atoms with Crippen LogP contribution in [0.15, 0.2) is 48.5 Å². The monoisotopic (exact) mass is 428 g/mol. The summed E-state index contributed by atoms with van der Waals surface area (Å²) in [6.45, 7) is 1.67. The van der Waals surface area contributed by atoms with E-state index in [-0.39, 0.29) is 0 Å². The molecule has 0 aliphatic carbocycles. The van der Waals surface area contributed by atoms with Crippen LogP contribution in [0, 0.1) is 56.2 Å². The lowest BCUT2D eigenvalue weighted by molar-refractivity contribution is -0.288. The van der Waals surface area contributed by atoms with Gasteiger partial charge in [-0.2, -0.15) is 15.8 Å². The second kappa shape index (κ2) is 7.27. The molecule has 32 heavy (non-hydrogen) atoms. The standard InChI is InChI=1S/C24H20N4O4/c1-15-23(14-27)21(28)32-24(15,17-6-10-19(30-3)11-7-17)31-20(22(23,12-25)13-26)16-4-8-18(29-2)9-5-16/h4-11,15,20,28H,1-3H3. The average molecular weight is 428 g/mol. The maximum atomic E-state index is 10.3. The molecule has 2 saturated heterocycles. The molecule has 2 aliphatic heterocycles. The van der Waals surface area contributed by atoms with Gasteiger partial charge in [-0.05, 0) is 42.0 Å². The molecule has 0 saturated carbocycles. The Kier molecular flexibility index (Phi) is 4.81. The highest BCUT2D eigenvalue weighted by molar-refractivity contribution is 5.89. The van der Waals surface area contributed by atoms with Gasteiger partial charge in [0.15, 0.2) is 5.41 Å². The molecule has 0 amide bonds. The lowest BCUT2D eigenvalue weighted by Gasteiger charge is -2.48. The quantitative estimate of drug-likeness (QED) is 0.783. The lowest BCUT2D eigenvalue weighted by atomic mass is 9.53. The molecule has 0 radical (unpaired) electrons. The van der Waals surface area contributed by atoms with Gasteiger partial charge in [-0.3, -0.25) is 5.41 Å². The van der Waals surface area contributed by atoms with Crippen LogP contribution < -0.4 is 9.47 Å². The summed E-state index contributed by atoms with van der Waals surface area (Å²) in [7, 11) is 3.07. The van der Waals surface area contributed by atoms with Gasteiger partial charge in [-0.25, -0.2) is 0 Å². The summed E-state index contributed by atoms with van der Waals surface area (Å²) in [6, 6.07) is 19.8. The van der Waals surface area contributed by atoms with Crippen molar-refractivity contribution in [1.29, 1.82) is 21.2 Å². The number of rotatable bonds is 4. The van der Waals surface area contributed by atoms with E-state index in [4.69, 9.17) is 24.4 Å². The number of hydrogen-bond acceptors (Lipinski definition) is 8. The number of fused-ring (bicyclic) bond motifs is 2. The van der Waals surface area contributed by atoms with Gasteiger partial charge in [-0.15, -0.1) is 0 Å². The summed E-state index contributed by atoms with van der Waals surface area (Å²) in [5, 5.41) is 39.4. The molecule has 8 nitrogen and oxygen atoms in total. The van der Waals surface area contributed by atoms with Crippen LogP contribution in [-0.4, -0.2) is 20.1 Å². The van der Waals surface area contributed by atoms with Gasteiger partial charge < -0.3 is 18.9 Å². The molecule has 4 atom stereocenters. The van der Waals surface area contributed by atoms with Gasteiger partial charge in [0.1, 0.15) is 17.6 Å². The largest absolute Gasteiger partial charge is 0.497 e.